The first kappa shape index (κ1) is 13.3. The predicted octanol–water partition coefficient (Wildman–Crippen LogP) is 3.21. The highest BCUT2D eigenvalue weighted by atomic mass is 16.5. The summed E-state index contributed by atoms with van der Waals surface area (Å²) in [6.07, 6.45) is 3.30. The lowest BCUT2D eigenvalue weighted by Gasteiger charge is -2.10. The molecule has 1 aliphatic rings. The molecule has 1 aliphatic carbocycles. The monoisotopic (exact) mass is 271 g/mol. The molecular weight excluding hydrogens is 250 g/mol. The van der Waals surface area contributed by atoms with E-state index < -0.39 is 0 Å². The lowest BCUT2D eigenvalue weighted by molar-refractivity contribution is 0.335. The van der Waals surface area contributed by atoms with E-state index in [0.29, 0.717) is 5.89 Å². The van der Waals surface area contributed by atoms with Crippen LogP contribution in [0.3, 0.4) is 0 Å². The van der Waals surface area contributed by atoms with Crippen molar-refractivity contribution in [3.8, 4) is 0 Å². The van der Waals surface area contributed by atoms with Crippen LogP contribution in [-0.4, -0.2) is 16.7 Å². The van der Waals surface area contributed by atoms with Crippen LogP contribution in [0.1, 0.15) is 56.4 Å². The second-order valence-corrected chi connectivity index (χ2v) is 5.58. The van der Waals surface area contributed by atoms with Gasteiger partial charge in [-0.1, -0.05) is 42.4 Å². The van der Waals surface area contributed by atoms with E-state index in [1.807, 2.05) is 6.07 Å². The summed E-state index contributed by atoms with van der Waals surface area (Å²) < 4.78 is 5.45. The van der Waals surface area contributed by atoms with E-state index in [0.717, 1.165) is 31.6 Å². The molecule has 106 valence electrons. The molecule has 0 spiro atoms. The molecule has 1 fully saturated rings. The van der Waals surface area contributed by atoms with Crippen LogP contribution in [0.2, 0.25) is 0 Å². The van der Waals surface area contributed by atoms with Gasteiger partial charge in [-0.25, -0.2) is 0 Å². The third-order valence-corrected chi connectivity index (χ3v) is 4.02. The maximum atomic E-state index is 5.45. The largest absolute Gasteiger partial charge is 0.338 e. The van der Waals surface area contributed by atoms with E-state index in [2.05, 4.69) is 53.6 Å². The van der Waals surface area contributed by atoms with Gasteiger partial charge in [0.15, 0.2) is 5.82 Å². The molecule has 20 heavy (non-hydrogen) atoms. The van der Waals surface area contributed by atoms with Gasteiger partial charge in [0.05, 0.1) is 11.5 Å². The van der Waals surface area contributed by atoms with Crippen LogP contribution in [0.5, 0.6) is 0 Å². The maximum Gasteiger partial charge on any atom is 0.243 e. The molecule has 1 N–H and O–H groups in total. The average molecular weight is 271 g/mol. The Bertz CT molecular complexity index is 560. The summed E-state index contributed by atoms with van der Waals surface area (Å²) in [6.45, 7) is 5.17. The number of hydrogen-bond donors (Lipinski definition) is 1. The number of benzene rings is 1. The number of rotatable bonds is 6. The number of nitrogens with one attached hydrogen (secondary N) is 1. The minimum Gasteiger partial charge on any atom is -0.338 e. The van der Waals surface area contributed by atoms with Crippen LogP contribution in [-0.2, 0) is 5.41 Å². The first-order valence-electron chi connectivity index (χ1n) is 7.39. The summed E-state index contributed by atoms with van der Waals surface area (Å²) in [5, 5.41) is 7.61. The molecule has 1 aromatic heterocycles. The topological polar surface area (TPSA) is 51.0 Å². The number of nitrogens with zero attached hydrogens (tertiary/aromatic N) is 2. The van der Waals surface area contributed by atoms with E-state index in [4.69, 9.17) is 4.52 Å². The molecular formula is C16H21N3O. The molecule has 1 unspecified atom stereocenters. The van der Waals surface area contributed by atoms with Gasteiger partial charge in [-0.2, -0.15) is 4.98 Å². The highest BCUT2D eigenvalue weighted by Gasteiger charge is 2.50. The van der Waals surface area contributed by atoms with Crippen molar-refractivity contribution in [3.63, 3.8) is 0 Å². The smallest absolute Gasteiger partial charge is 0.243 e. The summed E-state index contributed by atoms with van der Waals surface area (Å²) in [5.74, 6) is 1.53. The number of aromatic nitrogens is 2. The van der Waals surface area contributed by atoms with E-state index in [1.165, 1.54) is 5.56 Å². The lowest BCUT2D eigenvalue weighted by Crippen LogP contribution is -2.20. The fraction of sp³-hybridized carbons (Fsp3) is 0.500. The van der Waals surface area contributed by atoms with Crippen molar-refractivity contribution < 1.29 is 4.52 Å². The highest BCUT2D eigenvalue weighted by Crippen LogP contribution is 2.52. The SMILES string of the molecule is CCCNC(C)c1nc(C2(c3ccccc3)CC2)no1. The Labute approximate surface area is 119 Å². The molecule has 1 heterocycles. The second-order valence-electron chi connectivity index (χ2n) is 5.58. The van der Waals surface area contributed by atoms with Gasteiger partial charge in [-0.05, 0) is 38.3 Å². The van der Waals surface area contributed by atoms with Gasteiger partial charge in [0.2, 0.25) is 5.89 Å². The first-order valence-corrected chi connectivity index (χ1v) is 7.39. The van der Waals surface area contributed by atoms with Crippen LogP contribution in [0.4, 0.5) is 0 Å². The molecule has 1 aromatic carbocycles. The van der Waals surface area contributed by atoms with Crippen LogP contribution < -0.4 is 5.32 Å². The summed E-state index contributed by atoms with van der Waals surface area (Å²) >= 11 is 0. The van der Waals surface area contributed by atoms with Gasteiger partial charge < -0.3 is 9.84 Å². The normalized spacial score (nSPS) is 17.9. The average Bonchev–Trinajstić information content (AvgIpc) is 3.16. The fourth-order valence-corrected chi connectivity index (χ4v) is 2.58. The summed E-state index contributed by atoms with van der Waals surface area (Å²) in [5.41, 5.74) is 1.29. The molecule has 0 bridgehead atoms. The van der Waals surface area contributed by atoms with Gasteiger partial charge in [-0.15, -0.1) is 0 Å². The van der Waals surface area contributed by atoms with Crippen molar-refractivity contribution >= 4 is 0 Å². The van der Waals surface area contributed by atoms with Crippen LogP contribution >= 0.6 is 0 Å². The molecule has 0 radical (unpaired) electrons. The van der Waals surface area contributed by atoms with E-state index in [1.54, 1.807) is 0 Å². The number of hydrogen-bond acceptors (Lipinski definition) is 4. The first-order chi connectivity index (χ1) is 9.76. The molecule has 1 saturated carbocycles. The Hall–Kier alpha value is -1.68. The molecule has 0 aliphatic heterocycles. The molecule has 2 aromatic rings. The van der Waals surface area contributed by atoms with Crippen LogP contribution in [0, 0.1) is 0 Å². The second kappa shape index (κ2) is 5.37. The Kier molecular flexibility index (Phi) is 3.57. The Morgan fingerprint density at radius 1 is 1.30 bits per heavy atom. The van der Waals surface area contributed by atoms with Gasteiger partial charge in [0, 0.05) is 0 Å². The van der Waals surface area contributed by atoms with E-state index in [-0.39, 0.29) is 11.5 Å². The zero-order valence-electron chi connectivity index (χ0n) is 12.1. The lowest BCUT2D eigenvalue weighted by atomic mass is 9.95. The standard InChI is InChI=1S/C16H21N3O/c1-3-11-17-12(2)14-18-15(19-20-14)16(9-10-16)13-7-5-4-6-8-13/h4-8,12,17H,3,9-11H2,1-2H3. The van der Waals surface area contributed by atoms with Gasteiger partial charge in [0.1, 0.15) is 0 Å². The van der Waals surface area contributed by atoms with Crippen LogP contribution in [0.25, 0.3) is 0 Å². The summed E-state index contributed by atoms with van der Waals surface area (Å²) in [7, 11) is 0. The van der Waals surface area contributed by atoms with Crippen molar-refractivity contribution in [1.29, 1.82) is 0 Å². The predicted molar refractivity (Wildman–Crippen MR) is 77.5 cm³/mol. The van der Waals surface area contributed by atoms with Gasteiger partial charge >= 0.3 is 0 Å². The molecule has 4 heteroatoms. The Balaban J connectivity index is 1.80. The van der Waals surface area contributed by atoms with Crippen LogP contribution in [0.15, 0.2) is 34.9 Å². The van der Waals surface area contributed by atoms with Crippen molar-refractivity contribution in [2.45, 2.75) is 44.6 Å². The molecule has 3 rings (SSSR count). The minimum atomic E-state index is -0.00646. The third-order valence-electron chi connectivity index (χ3n) is 4.02. The van der Waals surface area contributed by atoms with Crippen molar-refractivity contribution in [2.75, 3.05) is 6.54 Å². The van der Waals surface area contributed by atoms with Crippen molar-refractivity contribution in [2.24, 2.45) is 0 Å². The summed E-state index contributed by atoms with van der Waals surface area (Å²) in [6, 6.07) is 10.6. The quantitative estimate of drug-likeness (QED) is 0.876. The molecule has 4 nitrogen and oxygen atoms in total. The molecule has 0 saturated heterocycles. The molecule has 1 atom stereocenters. The van der Waals surface area contributed by atoms with Crippen molar-refractivity contribution in [3.05, 3.63) is 47.6 Å². The summed E-state index contributed by atoms with van der Waals surface area (Å²) in [4.78, 5) is 4.63. The zero-order valence-corrected chi connectivity index (χ0v) is 12.1. The maximum absolute atomic E-state index is 5.45. The van der Waals surface area contributed by atoms with Crippen molar-refractivity contribution in [1.82, 2.24) is 15.5 Å². The van der Waals surface area contributed by atoms with Gasteiger partial charge in [-0.3, -0.25) is 0 Å². The van der Waals surface area contributed by atoms with E-state index in [9.17, 15) is 0 Å². The van der Waals surface area contributed by atoms with E-state index >= 15 is 0 Å². The Morgan fingerprint density at radius 3 is 2.70 bits per heavy atom. The third kappa shape index (κ3) is 2.36. The molecule has 0 amide bonds. The van der Waals surface area contributed by atoms with Gasteiger partial charge in [0.25, 0.3) is 0 Å². The minimum absolute atomic E-state index is 0.00646. The highest BCUT2D eigenvalue weighted by molar-refractivity contribution is 5.38. The Morgan fingerprint density at radius 2 is 2.05 bits per heavy atom. The fourth-order valence-electron chi connectivity index (χ4n) is 2.58. The zero-order chi connectivity index (χ0) is 14.0.